The normalized spacial score (nSPS) is 28.1. The van der Waals surface area contributed by atoms with E-state index in [1.807, 2.05) is 49.1 Å². The lowest BCUT2D eigenvalue weighted by molar-refractivity contribution is -0.163. The molecule has 8 atom stereocenters. The Morgan fingerprint density at radius 3 is 2.45 bits per heavy atom. The molecule has 1 aromatic carbocycles. The Hall–Kier alpha value is -3.50. The number of likely N-dealkylation sites (tertiary alicyclic amines) is 1. The van der Waals surface area contributed by atoms with Crippen molar-refractivity contribution in [3.63, 3.8) is 0 Å². The van der Waals surface area contributed by atoms with Crippen LogP contribution in [-0.4, -0.2) is 87.6 Å². The van der Waals surface area contributed by atoms with Crippen LogP contribution in [0.2, 0.25) is 0 Å². The van der Waals surface area contributed by atoms with E-state index in [0.717, 1.165) is 32.1 Å². The molecule has 3 heterocycles. The predicted octanol–water partition coefficient (Wildman–Crippen LogP) is 4.87. The summed E-state index contributed by atoms with van der Waals surface area (Å²) >= 11 is 0. The molecular weight excluding hydrogens is 622 g/mol. The third kappa shape index (κ3) is 7.36. The van der Waals surface area contributed by atoms with E-state index in [1.165, 1.54) is 0 Å². The van der Waals surface area contributed by atoms with E-state index in [0.29, 0.717) is 37.8 Å². The van der Waals surface area contributed by atoms with Crippen molar-refractivity contribution in [2.75, 3.05) is 13.2 Å². The highest BCUT2D eigenvalue weighted by Crippen LogP contribution is 2.59. The van der Waals surface area contributed by atoms with Gasteiger partial charge in [-0.1, -0.05) is 75.6 Å². The minimum Gasteiger partial charge on any atom is -0.455 e. The maximum atomic E-state index is 14.9. The fraction of sp³-hybridized carbons (Fsp3) is 0.641. The number of ether oxygens (including phenoxy) is 2. The maximum Gasteiger partial charge on any atom is 0.313 e. The zero-order valence-electron chi connectivity index (χ0n) is 29.4. The number of nitrogens with one attached hydrogen (secondary N) is 1. The summed E-state index contributed by atoms with van der Waals surface area (Å²) in [4.78, 5) is 60.1. The molecule has 5 rings (SSSR count). The van der Waals surface area contributed by atoms with Crippen LogP contribution in [0.1, 0.15) is 96.6 Å². The van der Waals surface area contributed by atoms with Crippen molar-refractivity contribution in [2.24, 2.45) is 17.8 Å². The van der Waals surface area contributed by atoms with Crippen LogP contribution in [-0.2, 0) is 28.7 Å². The largest absolute Gasteiger partial charge is 0.455 e. The Balaban J connectivity index is 1.49. The second-order valence-electron chi connectivity index (χ2n) is 14.8. The molecule has 4 fully saturated rings. The van der Waals surface area contributed by atoms with Gasteiger partial charge in [0.05, 0.1) is 36.6 Å². The van der Waals surface area contributed by atoms with Crippen molar-refractivity contribution in [2.45, 2.75) is 127 Å². The van der Waals surface area contributed by atoms with Crippen molar-refractivity contribution in [1.29, 1.82) is 0 Å². The van der Waals surface area contributed by atoms with Crippen LogP contribution in [0.25, 0.3) is 0 Å². The van der Waals surface area contributed by atoms with Gasteiger partial charge in [0, 0.05) is 19.0 Å². The number of esters is 1. The van der Waals surface area contributed by atoms with Crippen molar-refractivity contribution < 1.29 is 33.8 Å². The summed E-state index contributed by atoms with van der Waals surface area (Å²) in [5.74, 6) is -3.02. The molecule has 4 aliphatic rings. The van der Waals surface area contributed by atoms with Crippen molar-refractivity contribution in [3.05, 3.63) is 61.2 Å². The van der Waals surface area contributed by atoms with Gasteiger partial charge in [0.25, 0.3) is 0 Å². The van der Waals surface area contributed by atoms with Gasteiger partial charge in [0.1, 0.15) is 17.7 Å². The quantitative estimate of drug-likeness (QED) is 0.189. The fourth-order valence-corrected chi connectivity index (χ4v) is 8.90. The third-order valence-corrected chi connectivity index (χ3v) is 11.0. The van der Waals surface area contributed by atoms with E-state index in [9.17, 15) is 24.3 Å². The van der Waals surface area contributed by atoms with Gasteiger partial charge in [-0.25, -0.2) is 0 Å². The molecule has 10 nitrogen and oxygen atoms in total. The molecule has 1 spiro atoms. The van der Waals surface area contributed by atoms with Gasteiger partial charge < -0.3 is 29.7 Å². The van der Waals surface area contributed by atoms with Crippen LogP contribution < -0.4 is 5.32 Å². The van der Waals surface area contributed by atoms with Crippen molar-refractivity contribution >= 4 is 23.7 Å². The molecule has 1 saturated carbocycles. The molecule has 3 saturated heterocycles. The Morgan fingerprint density at radius 1 is 1.10 bits per heavy atom. The molecule has 3 amide bonds. The molecule has 0 unspecified atom stereocenters. The first kappa shape index (κ1) is 36.8. The van der Waals surface area contributed by atoms with Crippen LogP contribution >= 0.6 is 0 Å². The minimum atomic E-state index is -1.21. The van der Waals surface area contributed by atoms with E-state index >= 15 is 0 Å². The monoisotopic (exact) mass is 677 g/mol. The first-order valence-electron chi connectivity index (χ1n) is 18.3. The second kappa shape index (κ2) is 16.0. The van der Waals surface area contributed by atoms with E-state index in [2.05, 4.69) is 18.5 Å². The number of hydrogen-bond donors (Lipinski definition) is 2. The molecule has 2 N–H and O–H groups in total. The first-order valence-corrected chi connectivity index (χ1v) is 18.3. The molecule has 0 aromatic heterocycles. The minimum absolute atomic E-state index is 0.0264. The highest BCUT2D eigenvalue weighted by Gasteiger charge is 2.76. The number of nitrogens with zero attached hydrogens (tertiary/aromatic N) is 2. The highest BCUT2D eigenvalue weighted by molar-refractivity contribution is 5.98. The van der Waals surface area contributed by atoms with Crippen LogP contribution in [0, 0.1) is 17.8 Å². The summed E-state index contributed by atoms with van der Waals surface area (Å²) in [5.41, 5.74) is -0.503. The lowest BCUT2D eigenvalue weighted by Gasteiger charge is -2.42. The average Bonchev–Trinajstić information content (AvgIpc) is 3.75. The Labute approximate surface area is 291 Å². The lowest BCUT2D eigenvalue weighted by atomic mass is 9.70. The number of hydrogen-bond acceptors (Lipinski definition) is 7. The Morgan fingerprint density at radius 2 is 1.82 bits per heavy atom. The summed E-state index contributed by atoms with van der Waals surface area (Å²) in [5, 5.41) is 13.6. The number of aliphatic hydroxyl groups excluding tert-OH is 1. The number of aliphatic hydroxyl groups is 1. The third-order valence-electron chi connectivity index (χ3n) is 11.0. The highest BCUT2D eigenvalue weighted by atomic mass is 16.6. The first-order chi connectivity index (χ1) is 23.6. The molecule has 10 heteroatoms. The van der Waals surface area contributed by atoms with Gasteiger partial charge in [-0.05, 0) is 56.9 Å². The van der Waals surface area contributed by atoms with E-state index in [-0.39, 0.29) is 42.7 Å². The molecule has 0 radical (unpaired) electrons. The van der Waals surface area contributed by atoms with Gasteiger partial charge in [-0.2, -0.15) is 0 Å². The van der Waals surface area contributed by atoms with Crippen molar-refractivity contribution in [3.8, 4) is 0 Å². The standard InChI is InChI=1S/C39H55N3O7/c1-6-8-19-31(44)40-26(5)34(27-15-11-9-12-16-27)48-38(47)32-30-20-21-39(49-30)33(32)36(45)42(29(24-43)23-25(3)4)35(39)37(46)41(22-7-2)28-17-13-10-14-18-28/h6-7,9,11-12,15-16,25-26,28-30,32-35,43H,1-2,8,10,13-14,17-24H2,3-5H3,(H,40,44)/t26-,29+,30-,32+,33+,34-,35-,39+/m0/s1. The number of carbonyl (C=O) groups is 4. The smallest absolute Gasteiger partial charge is 0.313 e. The predicted molar refractivity (Wildman–Crippen MR) is 186 cm³/mol. The van der Waals surface area contributed by atoms with E-state index in [4.69, 9.17) is 9.47 Å². The average molecular weight is 678 g/mol. The number of benzene rings is 1. The summed E-state index contributed by atoms with van der Waals surface area (Å²) in [6.45, 7) is 13.5. The molecule has 3 aliphatic heterocycles. The number of amides is 3. The molecule has 1 aliphatic carbocycles. The Kier molecular flexibility index (Phi) is 12.0. The van der Waals surface area contributed by atoms with Gasteiger partial charge in [0.15, 0.2) is 0 Å². The molecule has 1 aromatic rings. The summed E-state index contributed by atoms with van der Waals surface area (Å²) in [7, 11) is 0. The SMILES string of the molecule is C=CCCC(=O)N[C@@H](C)[C@H](OC(=O)[C@@H]1[C@@H]2CC[C@]3(O2)[C@H](C(=O)N(CC=C)C2CCCCC2)N([C@@H](CO)CC(C)C)C(=O)[C@@H]13)c1ccccc1. The number of rotatable bonds is 16. The zero-order chi connectivity index (χ0) is 35.3. The van der Waals surface area contributed by atoms with Crippen LogP contribution in [0.15, 0.2) is 55.6 Å². The number of allylic oxidation sites excluding steroid dienone is 1. The van der Waals surface area contributed by atoms with Gasteiger partial charge in [-0.3, -0.25) is 19.2 Å². The number of fused-ring (bicyclic) bond motifs is 1. The molecule has 268 valence electrons. The summed E-state index contributed by atoms with van der Waals surface area (Å²) in [6.07, 6.45) is 9.19. The zero-order valence-corrected chi connectivity index (χ0v) is 29.4. The van der Waals surface area contributed by atoms with Crippen LogP contribution in [0.5, 0.6) is 0 Å². The summed E-state index contributed by atoms with van der Waals surface area (Å²) < 4.78 is 13.0. The number of carbonyl (C=O) groups excluding carboxylic acids is 4. The molecule has 2 bridgehead atoms. The van der Waals surface area contributed by atoms with Gasteiger partial charge in [-0.15, -0.1) is 13.2 Å². The molecule has 49 heavy (non-hydrogen) atoms. The topological polar surface area (TPSA) is 125 Å². The van der Waals surface area contributed by atoms with E-state index < -0.39 is 53.7 Å². The van der Waals surface area contributed by atoms with E-state index in [1.54, 1.807) is 24.0 Å². The van der Waals surface area contributed by atoms with Crippen LogP contribution in [0.4, 0.5) is 0 Å². The van der Waals surface area contributed by atoms with Crippen LogP contribution in [0.3, 0.4) is 0 Å². The maximum absolute atomic E-state index is 14.9. The summed E-state index contributed by atoms with van der Waals surface area (Å²) in [6, 6.07) is 7.13. The van der Waals surface area contributed by atoms with Gasteiger partial charge in [0.2, 0.25) is 17.7 Å². The molecular formula is C39H55N3O7. The second-order valence-corrected chi connectivity index (χ2v) is 14.8. The Bertz CT molecular complexity index is 1360. The van der Waals surface area contributed by atoms with Gasteiger partial charge >= 0.3 is 5.97 Å². The fourth-order valence-electron chi connectivity index (χ4n) is 8.90. The lowest BCUT2D eigenvalue weighted by Crippen LogP contribution is -2.60. The van der Waals surface area contributed by atoms with Crippen molar-refractivity contribution in [1.82, 2.24) is 15.1 Å².